The Morgan fingerprint density at radius 2 is 2.27 bits per heavy atom. The van der Waals surface area contributed by atoms with Gasteiger partial charge in [0.25, 0.3) is 0 Å². The largest absolute Gasteiger partial charge is 0.380 e. The number of ether oxygens (including phenoxy) is 1. The van der Waals surface area contributed by atoms with Crippen LogP contribution in [-0.4, -0.2) is 49.8 Å². The summed E-state index contributed by atoms with van der Waals surface area (Å²) in [5, 5.41) is 3.63. The van der Waals surface area contributed by atoms with Gasteiger partial charge in [0, 0.05) is 25.2 Å². The molecule has 2 rings (SSSR count). The van der Waals surface area contributed by atoms with Crippen LogP contribution in [0.3, 0.4) is 0 Å². The van der Waals surface area contributed by atoms with Crippen molar-refractivity contribution in [2.75, 3.05) is 32.8 Å². The monoisotopic (exact) mass is 212 g/mol. The van der Waals surface area contributed by atoms with E-state index < -0.39 is 0 Å². The van der Waals surface area contributed by atoms with Crippen LogP contribution in [0, 0.1) is 5.92 Å². The zero-order chi connectivity index (χ0) is 10.7. The molecule has 3 nitrogen and oxygen atoms in total. The fraction of sp³-hybridized carbons (Fsp3) is 1.00. The lowest BCUT2D eigenvalue weighted by molar-refractivity contribution is 0.189. The Labute approximate surface area is 93.2 Å². The second-order valence-corrected chi connectivity index (χ2v) is 5.21. The quantitative estimate of drug-likeness (QED) is 0.755. The molecule has 2 aliphatic rings. The molecule has 0 amide bonds. The molecular formula is C12H24N2O. The average Bonchev–Trinajstić information content (AvgIpc) is 2.86. The molecular weight excluding hydrogens is 188 g/mol. The van der Waals surface area contributed by atoms with Gasteiger partial charge in [0.1, 0.15) is 0 Å². The van der Waals surface area contributed by atoms with Gasteiger partial charge in [-0.15, -0.1) is 0 Å². The van der Waals surface area contributed by atoms with Crippen molar-refractivity contribution >= 4 is 0 Å². The first-order valence-corrected chi connectivity index (χ1v) is 6.31. The van der Waals surface area contributed by atoms with Crippen LogP contribution in [0.15, 0.2) is 0 Å². The van der Waals surface area contributed by atoms with Crippen LogP contribution in [-0.2, 0) is 4.74 Å². The summed E-state index contributed by atoms with van der Waals surface area (Å²) in [6, 6.07) is 1.34. The van der Waals surface area contributed by atoms with Crippen LogP contribution in [0.4, 0.5) is 0 Å². The molecule has 3 heteroatoms. The lowest BCUT2D eigenvalue weighted by Gasteiger charge is -2.20. The maximum Gasteiger partial charge on any atom is 0.0620 e. The first-order valence-electron chi connectivity index (χ1n) is 6.31. The highest BCUT2D eigenvalue weighted by molar-refractivity contribution is 4.81. The molecule has 0 aromatic rings. The predicted molar refractivity (Wildman–Crippen MR) is 62.0 cm³/mol. The lowest BCUT2D eigenvalue weighted by atomic mass is 10.1. The number of hydrogen-bond acceptors (Lipinski definition) is 3. The molecule has 0 saturated carbocycles. The summed E-state index contributed by atoms with van der Waals surface area (Å²) < 4.78 is 5.36. The minimum Gasteiger partial charge on any atom is -0.380 e. The zero-order valence-electron chi connectivity index (χ0n) is 10.0. The fourth-order valence-electron chi connectivity index (χ4n) is 2.53. The van der Waals surface area contributed by atoms with Gasteiger partial charge in [-0.25, -0.2) is 0 Å². The van der Waals surface area contributed by atoms with E-state index in [1.54, 1.807) is 0 Å². The normalized spacial score (nSPS) is 33.0. The van der Waals surface area contributed by atoms with Crippen LogP contribution < -0.4 is 5.32 Å². The summed E-state index contributed by atoms with van der Waals surface area (Å²) in [4.78, 5) is 2.58. The molecule has 0 aromatic carbocycles. The molecule has 0 spiro atoms. The molecule has 0 bridgehead atoms. The summed E-state index contributed by atoms with van der Waals surface area (Å²) in [5.41, 5.74) is 0. The van der Waals surface area contributed by atoms with Gasteiger partial charge in [-0.2, -0.15) is 0 Å². The molecule has 88 valence electrons. The van der Waals surface area contributed by atoms with Crippen molar-refractivity contribution in [3.63, 3.8) is 0 Å². The van der Waals surface area contributed by atoms with Crippen molar-refractivity contribution in [1.29, 1.82) is 0 Å². The highest BCUT2D eigenvalue weighted by Crippen LogP contribution is 2.18. The van der Waals surface area contributed by atoms with Crippen molar-refractivity contribution in [1.82, 2.24) is 10.2 Å². The van der Waals surface area contributed by atoms with Crippen molar-refractivity contribution in [3.8, 4) is 0 Å². The fourth-order valence-corrected chi connectivity index (χ4v) is 2.53. The first kappa shape index (κ1) is 11.4. The molecule has 2 saturated heterocycles. The standard InChI is InChI=1S/C12H24N2O/c1-10(2)14-5-3-11(8-14)7-13-12-4-6-15-9-12/h10-13H,3-9H2,1-2H3. The van der Waals surface area contributed by atoms with E-state index in [9.17, 15) is 0 Å². The van der Waals surface area contributed by atoms with Crippen molar-refractivity contribution in [2.24, 2.45) is 5.92 Å². The Morgan fingerprint density at radius 3 is 2.87 bits per heavy atom. The molecule has 0 aromatic heterocycles. The number of rotatable bonds is 4. The van der Waals surface area contributed by atoms with Gasteiger partial charge in [0.2, 0.25) is 0 Å². The third-order valence-corrected chi connectivity index (χ3v) is 3.67. The highest BCUT2D eigenvalue weighted by atomic mass is 16.5. The summed E-state index contributed by atoms with van der Waals surface area (Å²) in [7, 11) is 0. The van der Waals surface area contributed by atoms with Crippen LogP contribution in [0.25, 0.3) is 0 Å². The van der Waals surface area contributed by atoms with E-state index in [-0.39, 0.29) is 0 Å². The average molecular weight is 212 g/mol. The van der Waals surface area contributed by atoms with Gasteiger partial charge >= 0.3 is 0 Å². The van der Waals surface area contributed by atoms with Gasteiger partial charge in [-0.1, -0.05) is 0 Å². The van der Waals surface area contributed by atoms with Crippen molar-refractivity contribution in [2.45, 2.75) is 38.8 Å². The maximum absolute atomic E-state index is 5.36. The molecule has 1 N–H and O–H groups in total. The van der Waals surface area contributed by atoms with Gasteiger partial charge in [0.15, 0.2) is 0 Å². The minimum absolute atomic E-state index is 0.623. The molecule has 0 aliphatic carbocycles. The van der Waals surface area contributed by atoms with Gasteiger partial charge in [-0.3, -0.25) is 0 Å². The van der Waals surface area contributed by atoms with Gasteiger partial charge < -0.3 is 15.0 Å². The molecule has 2 heterocycles. The van der Waals surface area contributed by atoms with Crippen LogP contribution >= 0.6 is 0 Å². The molecule has 2 aliphatic heterocycles. The predicted octanol–water partition coefficient (Wildman–Crippen LogP) is 1.10. The molecule has 0 radical (unpaired) electrons. The Kier molecular flexibility index (Phi) is 4.00. The molecule has 15 heavy (non-hydrogen) atoms. The second kappa shape index (κ2) is 5.28. The molecule has 2 fully saturated rings. The van der Waals surface area contributed by atoms with E-state index in [2.05, 4.69) is 24.1 Å². The van der Waals surface area contributed by atoms with E-state index in [1.807, 2.05) is 0 Å². The molecule has 2 unspecified atom stereocenters. The minimum atomic E-state index is 0.623. The number of nitrogens with zero attached hydrogens (tertiary/aromatic N) is 1. The summed E-state index contributed by atoms with van der Waals surface area (Å²) in [5.74, 6) is 0.855. The van der Waals surface area contributed by atoms with Gasteiger partial charge in [-0.05, 0) is 45.7 Å². The number of hydrogen-bond donors (Lipinski definition) is 1. The summed E-state index contributed by atoms with van der Waals surface area (Å²) >= 11 is 0. The number of nitrogens with one attached hydrogen (secondary N) is 1. The smallest absolute Gasteiger partial charge is 0.0620 e. The van der Waals surface area contributed by atoms with E-state index in [4.69, 9.17) is 4.74 Å². The van der Waals surface area contributed by atoms with Crippen molar-refractivity contribution < 1.29 is 4.74 Å². The van der Waals surface area contributed by atoms with E-state index in [0.29, 0.717) is 12.1 Å². The SMILES string of the molecule is CC(C)N1CCC(CNC2CCOC2)C1. The third-order valence-electron chi connectivity index (χ3n) is 3.67. The Morgan fingerprint density at radius 1 is 1.40 bits per heavy atom. The third kappa shape index (κ3) is 3.16. The first-order chi connectivity index (χ1) is 7.25. The van der Waals surface area contributed by atoms with E-state index >= 15 is 0 Å². The van der Waals surface area contributed by atoms with E-state index in [0.717, 1.165) is 19.1 Å². The Bertz CT molecular complexity index is 190. The van der Waals surface area contributed by atoms with Crippen molar-refractivity contribution in [3.05, 3.63) is 0 Å². The zero-order valence-corrected chi connectivity index (χ0v) is 10.0. The lowest BCUT2D eigenvalue weighted by Crippen LogP contribution is -2.35. The van der Waals surface area contributed by atoms with E-state index in [1.165, 1.54) is 32.5 Å². The van der Waals surface area contributed by atoms with Gasteiger partial charge in [0.05, 0.1) is 6.61 Å². The van der Waals surface area contributed by atoms with Crippen LogP contribution in [0.5, 0.6) is 0 Å². The van der Waals surface area contributed by atoms with Crippen LogP contribution in [0.2, 0.25) is 0 Å². The van der Waals surface area contributed by atoms with Crippen LogP contribution in [0.1, 0.15) is 26.7 Å². The highest BCUT2D eigenvalue weighted by Gasteiger charge is 2.25. The second-order valence-electron chi connectivity index (χ2n) is 5.21. The maximum atomic E-state index is 5.36. The molecule has 2 atom stereocenters. The Hall–Kier alpha value is -0.120. The summed E-state index contributed by atoms with van der Waals surface area (Å²) in [6.07, 6.45) is 2.55. The topological polar surface area (TPSA) is 24.5 Å². The number of likely N-dealkylation sites (tertiary alicyclic amines) is 1. The Balaban J connectivity index is 1.64. The summed E-state index contributed by atoms with van der Waals surface area (Å²) in [6.45, 7) is 10.2.